The third kappa shape index (κ3) is 3.80. The highest BCUT2D eigenvalue weighted by atomic mass is 16.5. The first-order valence-corrected chi connectivity index (χ1v) is 8.07. The number of ether oxygens (including phenoxy) is 1. The molecule has 1 heterocycles. The highest BCUT2D eigenvalue weighted by molar-refractivity contribution is 5.75. The van der Waals surface area contributed by atoms with Gasteiger partial charge in [0.2, 0.25) is 0 Å². The van der Waals surface area contributed by atoms with E-state index in [9.17, 15) is 4.79 Å². The number of nitrogens with one attached hydrogen (secondary N) is 1. The maximum Gasteiger partial charge on any atom is 0.317 e. The molecule has 4 nitrogen and oxygen atoms in total. The molecule has 1 fully saturated rings. The van der Waals surface area contributed by atoms with Crippen LogP contribution in [0.15, 0.2) is 30.3 Å². The molecule has 122 valence electrons. The quantitative estimate of drug-likeness (QED) is 0.932. The summed E-state index contributed by atoms with van der Waals surface area (Å²) in [5, 5.41) is 3.16. The minimum absolute atomic E-state index is 0.00138. The maximum absolute atomic E-state index is 12.5. The molecule has 2 rings (SSSR count). The first kappa shape index (κ1) is 16.8. The minimum atomic E-state index is -0.125. The zero-order chi connectivity index (χ0) is 16.3. The van der Waals surface area contributed by atoms with Crippen molar-refractivity contribution in [1.82, 2.24) is 10.2 Å². The van der Waals surface area contributed by atoms with Gasteiger partial charge in [0.1, 0.15) is 0 Å². The molecule has 2 amide bonds. The summed E-state index contributed by atoms with van der Waals surface area (Å²) in [5.74, 6) is 0. The van der Waals surface area contributed by atoms with E-state index in [-0.39, 0.29) is 29.7 Å². The van der Waals surface area contributed by atoms with Gasteiger partial charge >= 0.3 is 6.03 Å². The summed E-state index contributed by atoms with van der Waals surface area (Å²) in [7, 11) is 0. The Morgan fingerprint density at radius 3 is 2.32 bits per heavy atom. The van der Waals surface area contributed by atoms with Gasteiger partial charge in [-0.3, -0.25) is 0 Å². The van der Waals surface area contributed by atoms with Crippen LogP contribution in [-0.2, 0) is 10.2 Å². The second kappa shape index (κ2) is 6.69. The van der Waals surface area contributed by atoms with E-state index < -0.39 is 0 Å². The molecular formula is C18H28N2O2. The second-order valence-corrected chi connectivity index (χ2v) is 6.92. The van der Waals surface area contributed by atoms with Gasteiger partial charge in [0, 0.05) is 24.5 Å². The Hall–Kier alpha value is -1.55. The van der Waals surface area contributed by atoms with Crippen molar-refractivity contribution in [2.75, 3.05) is 13.1 Å². The predicted octanol–water partition coefficient (Wildman–Crippen LogP) is 3.17. The topological polar surface area (TPSA) is 41.6 Å². The van der Waals surface area contributed by atoms with E-state index in [1.165, 1.54) is 5.56 Å². The summed E-state index contributed by atoms with van der Waals surface area (Å²) in [6, 6.07) is 10.4. The molecule has 1 aliphatic rings. The monoisotopic (exact) mass is 304 g/mol. The van der Waals surface area contributed by atoms with Gasteiger partial charge in [0.25, 0.3) is 0 Å². The Kier molecular flexibility index (Phi) is 5.12. The Balaban J connectivity index is 2.01. The Morgan fingerprint density at radius 1 is 1.23 bits per heavy atom. The van der Waals surface area contributed by atoms with Crippen LogP contribution in [0.4, 0.5) is 4.79 Å². The fourth-order valence-electron chi connectivity index (χ4n) is 2.92. The van der Waals surface area contributed by atoms with Crippen molar-refractivity contribution in [2.45, 2.75) is 58.3 Å². The van der Waals surface area contributed by atoms with Gasteiger partial charge in [0.15, 0.2) is 0 Å². The number of rotatable bonds is 3. The van der Waals surface area contributed by atoms with Crippen molar-refractivity contribution in [3.05, 3.63) is 35.9 Å². The molecule has 0 saturated carbocycles. The number of nitrogens with zero attached hydrogens (tertiary/aromatic N) is 1. The lowest BCUT2D eigenvalue weighted by Gasteiger charge is -2.38. The van der Waals surface area contributed by atoms with Gasteiger partial charge in [-0.2, -0.15) is 0 Å². The van der Waals surface area contributed by atoms with Gasteiger partial charge < -0.3 is 15.0 Å². The molecule has 1 aromatic rings. The van der Waals surface area contributed by atoms with Crippen LogP contribution in [0.3, 0.4) is 0 Å². The zero-order valence-corrected chi connectivity index (χ0v) is 14.3. The molecular weight excluding hydrogens is 276 g/mol. The van der Waals surface area contributed by atoms with E-state index in [2.05, 4.69) is 38.2 Å². The van der Waals surface area contributed by atoms with Gasteiger partial charge in [0.05, 0.1) is 12.2 Å². The number of hydrogen-bond acceptors (Lipinski definition) is 2. The third-order valence-corrected chi connectivity index (χ3v) is 4.65. The summed E-state index contributed by atoms with van der Waals surface area (Å²) in [5.41, 5.74) is 1.10. The summed E-state index contributed by atoms with van der Waals surface area (Å²) in [6.45, 7) is 11.7. The Morgan fingerprint density at radius 2 is 1.77 bits per heavy atom. The van der Waals surface area contributed by atoms with Crippen molar-refractivity contribution in [1.29, 1.82) is 0 Å². The van der Waals surface area contributed by atoms with E-state index in [0.29, 0.717) is 13.1 Å². The van der Waals surface area contributed by atoms with Gasteiger partial charge in [-0.25, -0.2) is 4.79 Å². The van der Waals surface area contributed by atoms with Crippen LogP contribution in [-0.4, -0.2) is 42.3 Å². The first-order chi connectivity index (χ1) is 10.3. The van der Waals surface area contributed by atoms with E-state index in [0.717, 1.165) is 0 Å². The smallest absolute Gasteiger partial charge is 0.317 e. The van der Waals surface area contributed by atoms with Crippen molar-refractivity contribution >= 4 is 6.03 Å². The van der Waals surface area contributed by atoms with Crippen LogP contribution < -0.4 is 5.32 Å². The molecule has 22 heavy (non-hydrogen) atoms. The number of carbonyl (C=O) groups excluding carboxylic acids is 1. The molecule has 1 saturated heterocycles. The Labute approximate surface area is 133 Å². The fourth-order valence-corrected chi connectivity index (χ4v) is 2.92. The summed E-state index contributed by atoms with van der Waals surface area (Å²) >= 11 is 0. The lowest BCUT2D eigenvalue weighted by Crippen LogP contribution is -2.55. The van der Waals surface area contributed by atoms with Crippen molar-refractivity contribution < 1.29 is 9.53 Å². The van der Waals surface area contributed by atoms with Crippen molar-refractivity contribution in [2.24, 2.45) is 0 Å². The zero-order valence-electron chi connectivity index (χ0n) is 14.3. The van der Waals surface area contributed by atoms with Crippen LogP contribution in [0.2, 0.25) is 0 Å². The minimum Gasteiger partial charge on any atom is -0.372 e. The largest absolute Gasteiger partial charge is 0.372 e. The van der Waals surface area contributed by atoms with Crippen LogP contribution in [0.25, 0.3) is 0 Å². The standard InChI is InChI=1S/C18H28N2O2/c1-13-11-20(12-14(2)22-13)17(21)19-15(3)18(4,5)16-9-7-6-8-10-16/h6-10,13-15H,11-12H2,1-5H3,(H,19,21). The average molecular weight is 304 g/mol. The molecule has 0 bridgehead atoms. The van der Waals surface area contributed by atoms with Crippen LogP contribution in [0, 0.1) is 0 Å². The molecule has 0 aliphatic carbocycles. The molecule has 1 aromatic carbocycles. The second-order valence-electron chi connectivity index (χ2n) is 6.92. The molecule has 4 heteroatoms. The van der Waals surface area contributed by atoms with Gasteiger partial charge in [-0.1, -0.05) is 44.2 Å². The SMILES string of the molecule is CC1CN(C(=O)NC(C)C(C)(C)c2ccccc2)CC(C)O1. The van der Waals surface area contributed by atoms with Gasteiger partial charge in [-0.15, -0.1) is 0 Å². The van der Waals surface area contributed by atoms with E-state index in [1.54, 1.807) is 0 Å². The van der Waals surface area contributed by atoms with Crippen LogP contribution in [0.1, 0.15) is 40.2 Å². The molecule has 1 N–H and O–H groups in total. The summed E-state index contributed by atoms with van der Waals surface area (Å²) < 4.78 is 5.69. The predicted molar refractivity (Wildman–Crippen MR) is 89.0 cm³/mol. The van der Waals surface area contributed by atoms with Gasteiger partial charge in [-0.05, 0) is 26.3 Å². The summed E-state index contributed by atoms with van der Waals surface area (Å²) in [6.07, 6.45) is 0.180. The Bertz CT molecular complexity index is 491. The highest BCUT2D eigenvalue weighted by Crippen LogP contribution is 2.27. The fraction of sp³-hybridized carbons (Fsp3) is 0.611. The van der Waals surface area contributed by atoms with Crippen LogP contribution in [0.5, 0.6) is 0 Å². The number of amides is 2. The molecule has 3 unspecified atom stereocenters. The van der Waals surface area contributed by atoms with E-state index in [4.69, 9.17) is 4.74 Å². The van der Waals surface area contributed by atoms with Crippen molar-refractivity contribution in [3.63, 3.8) is 0 Å². The number of carbonyl (C=O) groups is 1. The van der Waals surface area contributed by atoms with E-state index >= 15 is 0 Å². The average Bonchev–Trinajstić information content (AvgIpc) is 2.47. The molecule has 0 aromatic heterocycles. The van der Waals surface area contributed by atoms with E-state index in [1.807, 2.05) is 36.9 Å². The molecule has 0 spiro atoms. The number of morpholine rings is 1. The summed E-state index contributed by atoms with van der Waals surface area (Å²) in [4.78, 5) is 14.4. The van der Waals surface area contributed by atoms with Crippen LogP contribution >= 0.6 is 0 Å². The first-order valence-electron chi connectivity index (χ1n) is 8.07. The molecule has 0 radical (unpaired) electrons. The van der Waals surface area contributed by atoms with Crippen molar-refractivity contribution in [3.8, 4) is 0 Å². The number of hydrogen-bond donors (Lipinski definition) is 1. The number of benzene rings is 1. The lowest BCUT2D eigenvalue weighted by molar-refractivity contribution is -0.0548. The maximum atomic E-state index is 12.5. The lowest BCUT2D eigenvalue weighted by atomic mass is 9.78. The molecule has 1 aliphatic heterocycles. The highest BCUT2D eigenvalue weighted by Gasteiger charge is 2.32. The normalized spacial score (nSPS) is 24.0. The number of urea groups is 1. The molecule has 3 atom stereocenters. The third-order valence-electron chi connectivity index (χ3n) is 4.65.